The molecule has 0 spiro atoms. The van der Waals surface area contributed by atoms with Gasteiger partial charge in [-0.25, -0.2) is 4.79 Å². The van der Waals surface area contributed by atoms with Crippen LogP contribution in [0.15, 0.2) is 0 Å². The molecule has 0 aromatic heterocycles. The maximum atomic E-state index is 12.0. The van der Waals surface area contributed by atoms with Gasteiger partial charge in [-0.2, -0.15) is 11.8 Å². The van der Waals surface area contributed by atoms with Gasteiger partial charge < -0.3 is 14.8 Å². The third kappa shape index (κ3) is 7.42. The molecule has 112 valence electrons. The summed E-state index contributed by atoms with van der Waals surface area (Å²) < 4.78 is 10.0. The molecule has 0 aromatic carbocycles. The molecular weight excluding hydrogens is 266 g/mol. The summed E-state index contributed by atoms with van der Waals surface area (Å²) in [6, 6.07) is -0.653. The molecule has 0 aliphatic rings. The van der Waals surface area contributed by atoms with E-state index in [1.165, 1.54) is 7.11 Å². The second-order valence-electron chi connectivity index (χ2n) is 4.21. The lowest BCUT2D eigenvalue weighted by Gasteiger charge is -2.20. The van der Waals surface area contributed by atoms with Crippen molar-refractivity contribution in [3.63, 3.8) is 0 Å². The number of rotatable bonds is 9. The molecule has 19 heavy (non-hydrogen) atoms. The lowest BCUT2D eigenvalue weighted by Crippen LogP contribution is -2.45. The molecule has 0 bridgehead atoms. The maximum Gasteiger partial charge on any atom is 0.328 e. The fourth-order valence-corrected chi connectivity index (χ4v) is 2.48. The first kappa shape index (κ1) is 18.2. The molecule has 0 saturated carbocycles. The number of thioether (sulfide) groups is 1. The third-order valence-electron chi connectivity index (χ3n) is 2.57. The quantitative estimate of drug-likeness (QED) is 0.654. The van der Waals surface area contributed by atoms with Crippen molar-refractivity contribution in [2.75, 3.05) is 19.5 Å². The van der Waals surface area contributed by atoms with Crippen molar-refractivity contribution >= 4 is 23.6 Å². The Morgan fingerprint density at radius 3 is 2.37 bits per heavy atom. The highest BCUT2D eigenvalue weighted by Gasteiger charge is 2.24. The third-order valence-corrected chi connectivity index (χ3v) is 3.67. The minimum Gasteiger partial charge on any atom is -0.464 e. The molecule has 0 aromatic rings. The van der Waals surface area contributed by atoms with Crippen LogP contribution in [0, 0.1) is 0 Å². The molecule has 3 atom stereocenters. The largest absolute Gasteiger partial charge is 0.464 e. The highest BCUT2D eigenvalue weighted by atomic mass is 32.2. The fourth-order valence-electron chi connectivity index (χ4n) is 1.60. The fraction of sp³-hybridized carbons (Fsp3) is 0.846. The van der Waals surface area contributed by atoms with Crippen LogP contribution in [0.4, 0.5) is 0 Å². The molecule has 0 heterocycles. The Morgan fingerprint density at radius 2 is 1.89 bits per heavy atom. The smallest absolute Gasteiger partial charge is 0.328 e. The van der Waals surface area contributed by atoms with Gasteiger partial charge in [0, 0.05) is 12.4 Å². The van der Waals surface area contributed by atoms with Crippen LogP contribution in [0.2, 0.25) is 0 Å². The zero-order valence-electron chi connectivity index (χ0n) is 12.4. The van der Waals surface area contributed by atoms with Crippen molar-refractivity contribution < 1.29 is 19.1 Å². The van der Waals surface area contributed by atoms with E-state index in [9.17, 15) is 9.59 Å². The summed E-state index contributed by atoms with van der Waals surface area (Å²) in [4.78, 5) is 23.4. The second kappa shape index (κ2) is 10.1. The van der Waals surface area contributed by atoms with Crippen molar-refractivity contribution in [2.24, 2.45) is 0 Å². The van der Waals surface area contributed by atoms with E-state index in [1.807, 2.05) is 0 Å². The molecule has 1 amide bonds. The van der Waals surface area contributed by atoms with E-state index in [4.69, 9.17) is 9.47 Å². The number of hydrogen-bond donors (Lipinski definition) is 1. The van der Waals surface area contributed by atoms with Gasteiger partial charge in [-0.15, -0.1) is 0 Å². The summed E-state index contributed by atoms with van der Waals surface area (Å²) in [6.45, 7) is 7.77. The number of nitrogens with one attached hydrogen (secondary N) is 1. The summed E-state index contributed by atoms with van der Waals surface area (Å²) in [5.74, 6) is 0.298. The molecule has 0 rings (SSSR count). The van der Waals surface area contributed by atoms with Crippen molar-refractivity contribution in [3.05, 3.63) is 0 Å². The average Bonchev–Trinajstić information content (AvgIpc) is 2.36. The molecule has 0 aliphatic carbocycles. The standard InChI is InChI=1S/C13H25NO4S/c1-6-18-13(16)10(4)14-12(15)11(17-5)8-9(3)19-7-2/h9-11H,6-8H2,1-5H3,(H,14,15). The Kier molecular flexibility index (Phi) is 9.69. The predicted molar refractivity (Wildman–Crippen MR) is 77.2 cm³/mol. The number of methoxy groups -OCH3 is 1. The molecule has 3 unspecified atom stereocenters. The Labute approximate surface area is 119 Å². The highest BCUT2D eigenvalue weighted by molar-refractivity contribution is 7.99. The minimum atomic E-state index is -0.653. The van der Waals surface area contributed by atoms with Gasteiger partial charge in [0.05, 0.1) is 6.61 Å². The monoisotopic (exact) mass is 291 g/mol. The van der Waals surface area contributed by atoms with E-state index in [2.05, 4.69) is 19.2 Å². The highest BCUT2D eigenvalue weighted by Crippen LogP contribution is 2.16. The van der Waals surface area contributed by atoms with Crippen molar-refractivity contribution in [1.82, 2.24) is 5.32 Å². The van der Waals surface area contributed by atoms with Gasteiger partial charge >= 0.3 is 5.97 Å². The molecular formula is C13H25NO4S. The van der Waals surface area contributed by atoms with Crippen LogP contribution < -0.4 is 5.32 Å². The molecule has 0 saturated heterocycles. The SMILES string of the molecule is CCOC(=O)C(C)NC(=O)C(CC(C)SCC)OC. The van der Waals surface area contributed by atoms with E-state index in [0.717, 1.165) is 5.75 Å². The molecule has 1 N–H and O–H groups in total. The minimum absolute atomic E-state index is 0.272. The number of carbonyl (C=O) groups is 2. The first-order valence-electron chi connectivity index (χ1n) is 6.57. The normalized spacial score (nSPS) is 15.4. The molecule has 5 nitrogen and oxygen atoms in total. The summed E-state index contributed by atoms with van der Waals surface area (Å²) in [5, 5.41) is 2.95. The van der Waals surface area contributed by atoms with Crippen LogP contribution in [0.5, 0.6) is 0 Å². The van der Waals surface area contributed by atoms with E-state index in [0.29, 0.717) is 18.3 Å². The Balaban J connectivity index is 4.31. The van der Waals surface area contributed by atoms with Crippen LogP contribution in [0.3, 0.4) is 0 Å². The first-order valence-corrected chi connectivity index (χ1v) is 7.62. The Hall–Kier alpha value is -0.750. The van der Waals surface area contributed by atoms with Crippen LogP contribution in [-0.2, 0) is 19.1 Å². The van der Waals surface area contributed by atoms with Crippen molar-refractivity contribution in [1.29, 1.82) is 0 Å². The Bertz CT molecular complexity index is 286. The van der Waals surface area contributed by atoms with Gasteiger partial charge in [0.25, 0.3) is 0 Å². The van der Waals surface area contributed by atoms with Gasteiger partial charge in [-0.05, 0) is 26.0 Å². The van der Waals surface area contributed by atoms with Crippen LogP contribution in [0.1, 0.15) is 34.1 Å². The summed E-state index contributed by atoms with van der Waals surface area (Å²) in [7, 11) is 1.50. The van der Waals surface area contributed by atoms with Crippen LogP contribution >= 0.6 is 11.8 Å². The Morgan fingerprint density at radius 1 is 1.26 bits per heavy atom. The molecule has 0 aliphatic heterocycles. The average molecular weight is 291 g/mol. The number of hydrogen-bond acceptors (Lipinski definition) is 5. The molecule has 0 radical (unpaired) electrons. The van der Waals surface area contributed by atoms with Crippen LogP contribution in [-0.4, -0.2) is 48.7 Å². The van der Waals surface area contributed by atoms with Gasteiger partial charge in [-0.3, -0.25) is 4.79 Å². The van der Waals surface area contributed by atoms with Gasteiger partial charge in [0.1, 0.15) is 12.1 Å². The summed E-state index contributed by atoms with van der Waals surface area (Å²) in [6.07, 6.45) is 0.0852. The topological polar surface area (TPSA) is 64.6 Å². The van der Waals surface area contributed by atoms with E-state index in [-0.39, 0.29) is 5.91 Å². The zero-order valence-corrected chi connectivity index (χ0v) is 13.2. The summed E-state index contributed by atoms with van der Waals surface area (Å²) >= 11 is 1.77. The van der Waals surface area contributed by atoms with Crippen LogP contribution in [0.25, 0.3) is 0 Å². The number of esters is 1. The molecule has 0 fully saturated rings. The van der Waals surface area contributed by atoms with Gasteiger partial charge in [0.15, 0.2) is 0 Å². The number of carbonyl (C=O) groups excluding carboxylic acids is 2. The van der Waals surface area contributed by atoms with Crippen molar-refractivity contribution in [3.8, 4) is 0 Å². The first-order chi connectivity index (χ1) is 8.96. The van der Waals surface area contributed by atoms with Gasteiger partial charge in [-0.1, -0.05) is 13.8 Å². The second-order valence-corrected chi connectivity index (χ2v) is 5.92. The summed E-state index contributed by atoms with van der Waals surface area (Å²) in [5.41, 5.74) is 0. The zero-order chi connectivity index (χ0) is 14.8. The van der Waals surface area contributed by atoms with E-state index < -0.39 is 18.1 Å². The number of amides is 1. The maximum absolute atomic E-state index is 12.0. The lowest BCUT2D eigenvalue weighted by atomic mass is 10.2. The van der Waals surface area contributed by atoms with E-state index in [1.54, 1.807) is 25.6 Å². The van der Waals surface area contributed by atoms with E-state index >= 15 is 0 Å². The van der Waals surface area contributed by atoms with Gasteiger partial charge in [0.2, 0.25) is 5.91 Å². The lowest BCUT2D eigenvalue weighted by molar-refractivity contribution is -0.148. The molecule has 6 heteroatoms. The van der Waals surface area contributed by atoms with Crippen molar-refractivity contribution in [2.45, 2.75) is 51.5 Å². The predicted octanol–water partition coefficient (Wildman–Crippen LogP) is 1.60. The number of ether oxygens (including phenoxy) is 2.